The maximum Gasteiger partial charge on any atom is 0.408 e. The Hall–Kier alpha value is -2.52. The van der Waals surface area contributed by atoms with E-state index >= 15 is 0 Å². The standard InChI is InChI=1S/C24H32FN3O5/c1-21(2,3)33-20(29)28-23-8-10-24(11-9-23,32-14-23)22(4,30)12-15-16(25)13-26-17-6-7-18(31-5)27-19(15)17/h6-7,13,30H,8-12,14H2,1-5H3,(H,28,29). The van der Waals surface area contributed by atoms with Crippen molar-refractivity contribution in [3.63, 3.8) is 0 Å². The maximum atomic E-state index is 14.9. The average Bonchev–Trinajstić information content (AvgIpc) is 2.75. The maximum absolute atomic E-state index is 14.9. The van der Waals surface area contributed by atoms with E-state index in [2.05, 4.69) is 15.3 Å². The van der Waals surface area contributed by atoms with Crippen molar-refractivity contribution in [3.05, 3.63) is 29.7 Å². The number of aromatic nitrogens is 2. The second-order valence-electron chi connectivity index (χ2n) is 10.4. The normalized spacial score (nSPS) is 26.6. The van der Waals surface area contributed by atoms with Gasteiger partial charge in [0.15, 0.2) is 0 Å². The predicted molar refractivity (Wildman–Crippen MR) is 120 cm³/mol. The summed E-state index contributed by atoms with van der Waals surface area (Å²) >= 11 is 0. The van der Waals surface area contributed by atoms with Gasteiger partial charge in [-0.1, -0.05) is 0 Å². The molecular weight excluding hydrogens is 429 g/mol. The number of amides is 1. The van der Waals surface area contributed by atoms with Crippen LogP contribution in [0.3, 0.4) is 0 Å². The van der Waals surface area contributed by atoms with Crippen LogP contribution in [0.25, 0.3) is 11.0 Å². The van der Waals surface area contributed by atoms with Crippen LogP contribution < -0.4 is 10.1 Å². The molecule has 3 aliphatic rings. The molecule has 2 aromatic rings. The van der Waals surface area contributed by atoms with E-state index in [-0.39, 0.29) is 18.6 Å². The number of aliphatic hydroxyl groups is 1. The van der Waals surface area contributed by atoms with Crippen molar-refractivity contribution in [2.75, 3.05) is 13.7 Å². The molecule has 2 saturated heterocycles. The Morgan fingerprint density at radius 3 is 2.52 bits per heavy atom. The minimum absolute atomic E-state index is 0.00448. The van der Waals surface area contributed by atoms with Gasteiger partial charge in [-0.3, -0.25) is 4.98 Å². The van der Waals surface area contributed by atoms with E-state index in [9.17, 15) is 14.3 Å². The number of carbonyl (C=O) groups excluding carboxylic acids is 1. The molecule has 0 aromatic carbocycles. The molecule has 1 atom stereocenters. The zero-order valence-electron chi connectivity index (χ0n) is 19.8. The number of ether oxygens (including phenoxy) is 3. The summed E-state index contributed by atoms with van der Waals surface area (Å²) in [4.78, 5) is 20.8. The van der Waals surface area contributed by atoms with Gasteiger partial charge < -0.3 is 24.6 Å². The SMILES string of the molecule is COc1ccc2ncc(F)c(CC(C)(O)C34CCC(NC(=O)OC(C)(C)C)(CC3)CO4)c2n1. The molecular formula is C24H32FN3O5. The minimum atomic E-state index is -1.37. The largest absolute Gasteiger partial charge is 0.481 e. The average molecular weight is 462 g/mol. The minimum Gasteiger partial charge on any atom is -0.481 e. The smallest absolute Gasteiger partial charge is 0.408 e. The zero-order valence-corrected chi connectivity index (χ0v) is 19.8. The van der Waals surface area contributed by atoms with Gasteiger partial charge in [0, 0.05) is 18.1 Å². The molecule has 9 heteroatoms. The lowest BCUT2D eigenvalue weighted by molar-refractivity contribution is -0.242. The lowest BCUT2D eigenvalue weighted by Crippen LogP contribution is -2.69. The van der Waals surface area contributed by atoms with Crippen molar-refractivity contribution < 1.29 is 28.5 Å². The number of nitrogens with zero attached hydrogens (tertiary/aromatic N) is 2. The molecule has 2 aliphatic heterocycles. The molecule has 4 heterocycles. The van der Waals surface area contributed by atoms with Crippen molar-refractivity contribution in [1.82, 2.24) is 15.3 Å². The molecule has 1 saturated carbocycles. The van der Waals surface area contributed by atoms with E-state index < -0.39 is 34.3 Å². The van der Waals surface area contributed by atoms with Crippen molar-refractivity contribution in [2.24, 2.45) is 0 Å². The number of nitrogens with one attached hydrogen (secondary N) is 1. The fourth-order valence-corrected chi connectivity index (χ4v) is 4.94. The number of halogens is 1. The van der Waals surface area contributed by atoms with Gasteiger partial charge in [0.2, 0.25) is 5.88 Å². The molecule has 1 amide bonds. The second-order valence-corrected chi connectivity index (χ2v) is 10.4. The summed E-state index contributed by atoms with van der Waals surface area (Å²) in [6.45, 7) is 7.39. The van der Waals surface area contributed by atoms with Crippen LogP contribution in [0.15, 0.2) is 18.3 Å². The highest BCUT2D eigenvalue weighted by Gasteiger charge is 2.58. The first-order chi connectivity index (χ1) is 15.4. The Kier molecular flexibility index (Phi) is 5.77. The Morgan fingerprint density at radius 2 is 1.94 bits per heavy atom. The molecule has 5 rings (SSSR count). The van der Waals surface area contributed by atoms with Crippen molar-refractivity contribution >= 4 is 17.1 Å². The van der Waals surface area contributed by atoms with Crippen LogP contribution in [0.4, 0.5) is 9.18 Å². The summed E-state index contributed by atoms with van der Waals surface area (Å²) in [7, 11) is 1.49. The number of fused-ring (bicyclic) bond motifs is 4. The lowest BCUT2D eigenvalue weighted by atomic mass is 9.63. The number of rotatable bonds is 5. The summed E-state index contributed by atoms with van der Waals surface area (Å²) in [6, 6.07) is 3.38. The van der Waals surface area contributed by atoms with E-state index in [1.807, 2.05) is 20.8 Å². The van der Waals surface area contributed by atoms with Crippen LogP contribution in [0.5, 0.6) is 5.88 Å². The molecule has 1 aliphatic carbocycles. The van der Waals surface area contributed by atoms with Crippen LogP contribution in [-0.2, 0) is 15.9 Å². The van der Waals surface area contributed by atoms with E-state index in [1.54, 1.807) is 19.1 Å². The van der Waals surface area contributed by atoms with Crippen molar-refractivity contribution in [2.45, 2.75) is 82.1 Å². The Morgan fingerprint density at radius 1 is 1.24 bits per heavy atom. The number of hydrogen-bond donors (Lipinski definition) is 2. The van der Waals surface area contributed by atoms with Crippen molar-refractivity contribution in [3.8, 4) is 5.88 Å². The summed E-state index contributed by atoms with van der Waals surface area (Å²) in [6.07, 6.45) is 3.00. The highest BCUT2D eigenvalue weighted by Crippen LogP contribution is 2.50. The number of hydrogen-bond acceptors (Lipinski definition) is 7. The van der Waals surface area contributed by atoms with Crippen molar-refractivity contribution in [1.29, 1.82) is 0 Å². The Bertz CT molecular complexity index is 1040. The quantitative estimate of drug-likeness (QED) is 0.700. The molecule has 0 radical (unpaired) electrons. The van der Waals surface area contributed by atoms with Gasteiger partial charge in [0.1, 0.15) is 11.4 Å². The molecule has 2 aromatic heterocycles. The highest BCUT2D eigenvalue weighted by atomic mass is 19.1. The summed E-state index contributed by atoms with van der Waals surface area (Å²) < 4.78 is 31.7. The van der Waals surface area contributed by atoms with E-state index in [1.165, 1.54) is 7.11 Å². The van der Waals surface area contributed by atoms with Gasteiger partial charge >= 0.3 is 6.09 Å². The fraction of sp³-hybridized carbons (Fsp3) is 0.625. The lowest BCUT2D eigenvalue weighted by Gasteiger charge is -2.58. The fourth-order valence-electron chi connectivity index (χ4n) is 4.94. The number of pyridine rings is 2. The third kappa shape index (κ3) is 4.48. The van der Waals surface area contributed by atoms with Crippen LogP contribution in [0.1, 0.15) is 58.9 Å². The first-order valence-electron chi connectivity index (χ1n) is 11.2. The van der Waals surface area contributed by atoms with Crippen LogP contribution in [0, 0.1) is 5.82 Å². The highest BCUT2D eigenvalue weighted by molar-refractivity contribution is 5.78. The third-order valence-corrected chi connectivity index (χ3v) is 6.86. The van der Waals surface area contributed by atoms with Gasteiger partial charge in [-0.25, -0.2) is 14.2 Å². The van der Waals surface area contributed by atoms with E-state index in [0.29, 0.717) is 42.6 Å². The summed E-state index contributed by atoms with van der Waals surface area (Å²) in [5.74, 6) is -0.189. The predicted octanol–water partition coefficient (Wildman–Crippen LogP) is 3.68. The molecule has 33 heavy (non-hydrogen) atoms. The second kappa shape index (κ2) is 8.06. The molecule has 180 valence electrons. The van der Waals surface area contributed by atoms with E-state index in [0.717, 1.165) is 6.20 Å². The monoisotopic (exact) mass is 461 g/mol. The molecule has 0 spiro atoms. The third-order valence-electron chi connectivity index (χ3n) is 6.86. The zero-order chi connectivity index (χ0) is 24.1. The molecule has 1 unspecified atom stereocenters. The first kappa shape index (κ1) is 23.6. The number of carbonyl (C=O) groups is 1. The van der Waals surface area contributed by atoms with Gasteiger partial charge in [-0.05, 0) is 59.4 Å². The van der Waals surface area contributed by atoms with Gasteiger partial charge in [-0.2, -0.15) is 0 Å². The van der Waals surface area contributed by atoms with Crippen LogP contribution in [-0.4, -0.2) is 57.2 Å². The van der Waals surface area contributed by atoms with Crippen LogP contribution in [0.2, 0.25) is 0 Å². The topological polar surface area (TPSA) is 103 Å². The molecule has 2 bridgehead atoms. The number of methoxy groups -OCH3 is 1. The Labute approximate surface area is 192 Å². The first-order valence-corrected chi connectivity index (χ1v) is 11.2. The summed E-state index contributed by atoms with van der Waals surface area (Å²) in [5.41, 5.74) is -2.18. The van der Waals surface area contributed by atoms with Gasteiger partial charge in [0.05, 0.1) is 47.7 Å². The molecule has 2 N–H and O–H groups in total. The van der Waals surface area contributed by atoms with Gasteiger partial charge in [0.25, 0.3) is 0 Å². The number of alkyl carbamates (subject to hydrolysis) is 1. The molecule has 3 fully saturated rings. The van der Waals surface area contributed by atoms with Crippen LogP contribution >= 0.6 is 0 Å². The van der Waals surface area contributed by atoms with E-state index in [4.69, 9.17) is 14.2 Å². The Balaban J connectivity index is 1.54. The molecule has 8 nitrogen and oxygen atoms in total. The van der Waals surface area contributed by atoms with Gasteiger partial charge in [-0.15, -0.1) is 0 Å². The summed E-state index contributed by atoms with van der Waals surface area (Å²) in [5, 5.41) is 14.6.